The maximum atomic E-state index is 12.7. The quantitative estimate of drug-likeness (QED) is 0.0259. The molecule has 2 aliphatic heterocycles. The number of benzene rings is 2. The molecule has 25 nitrogen and oxygen atoms in total. The molecule has 2 fully saturated rings. The van der Waals surface area contributed by atoms with Gasteiger partial charge in [-0.15, -0.1) is 12.8 Å². The Balaban J connectivity index is 0.000000377. The van der Waals surface area contributed by atoms with E-state index >= 15 is 0 Å². The summed E-state index contributed by atoms with van der Waals surface area (Å²) in [6.07, 6.45) is 11.1. The summed E-state index contributed by atoms with van der Waals surface area (Å²) < 4.78 is 54.6. The molecule has 79 heavy (non-hydrogen) atoms. The van der Waals surface area contributed by atoms with Crippen molar-refractivity contribution in [2.75, 3.05) is 64.9 Å². The van der Waals surface area contributed by atoms with Gasteiger partial charge in [0.05, 0.1) is 34.0 Å². The van der Waals surface area contributed by atoms with Gasteiger partial charge in [-0.1, -0.05) is 90.3 Å². The van der Waals surface area contributed by atoms with Gasteiger partial charge in [0.15, 0.2) is 46.4 Å². The number of nitrogens with one attached hydrogen (secondary N) is 2. The van der Waals surface area contributed by atoms with E-state index in [1.165, 1.54) is 33.2 Å². The summed E-state index contributed by atoms with van der Waals surface area (Å²) in [5, 5.41) is 22.3. The number of hydrogen-bond donors (Lipinski definition) is 4. The lowest BCUT2D eigenvalue weighted by molar-refractivity contribution is -0.210. The topological polar surface area (TPSA) is 296 Å². The van der Waals surface area contributed by atoms with Crippen LogP contribution in [0.25, 0.3) is 27.2 Å². The smallest absolute Gasteiger partial charge is 0.333 e. The third-order valence-corrected chi connectivity index (χ3v) is 12.6. The maximum absolute atomic E-state index is 12.7. The molecular formula is C52H68N11O14P2-. The van der Waals surface area contributed by atoms with Crippen LogP contribution in [0.2, 0.25) is 0 Å². The van der Waals surface area contributed by atoms with Crippen LogP contribution in [0, 0.1) is 31.3 Å². The average molecular weight is 1130 g/mol. The van der Waals surface area contributed by atoms with Crippen LogP contribution in [0.15, 0.2) is 86.0 Å². The molecule has 0 aliphatic carbocycles. The monoisotopic (exact) mass is 1130 g/mol. The number of imidazole rings is 2. The summed E-state index contributed by atoms with van der Waals surface area (Å²) >= 11 is 0. The molecule has 0 spiro atoms. The van der Waals surface area contributed by atoms with E-state index in [-0.39, 0.29) is 63.3 Å². The minimum Gasteiger partial charge on any atom is -0.786 e. The van der Waals surface area contributed by atoms with Crippen LogP contribution in [0.3, 0.4) is 0 Å². The summed E-state index contributed by atoms with van der Waals surface area (Å²) in [6, 6.07) is 17.5. The van der Waals surface area contributed by atoms with E-state index in [0.717, 1.165) is 7.11 Å². The molecule has 4 aromatic heterocycles. The van der Waals surface area contributed by atoms with Crippen LogP contribution in [0.1, 0.15) is 81.6 Å². The van der Waals surface area contributed by atoms with Crippen molar-refractivity contribution in [1.82, 2.24) is 39.0 Å². The summed E-state index contributed by atoms with van der Waals surface area (Å²) in [5.41, 5.74) is 2.38. The number of aromatic nitrogens is 8. The van der Waals surface area contributed by atoms with Gasteiger partial charge < -0.3 is 72.2 Å². The van der Waals surface area contributed by atoms with Crippen LogP contribution in [0.5, 0.6) is 0 Å². The van der Waals surface area contributed by atoms with Crippen LogP contribution in [-0.2, 0) is 41.6 Å². The molecule has 0 bridgehead atoms. The molecule has 2 amide bonds. The summed E-state index contributed by atoms with van der Waals surface area (Å²) in [4.78, 5) is 66.3. The highest BCUT2D eigenvalue weighted by atomic mass is 31.2. The van der Waals surface area contributed by atoms with Gasteiger partial charge in [0.1, 0.15) is 63.0 Å². The zero-order valence-electron chi connectivity index (χ0n) is 44.3. The van der Waals surface area contributed by atoms with Gasteiger partial charge in [-0.2, -0.15) is 0 Å². The van der Waals surface area contributed by atoms with Crippen molar-refractivity contribution in [1.29, 1.82) is 0 Å². The fourth-order valence-corrected chi connectivity index (χ4v) is 9.04. The molecular weight excluding hydrogens is 1060 g/mol. The zero-order valence-corrected chi connectivity index (χ0v) is 46.1. The minimum absolute atomic E-state index is 0. The van der Waals surface area contributed by atoms with Gasteiger partial charge in [-0.05, 0) is 30.7 Å². The first-order chi connectivity index (χ1) is 38.2. The highest BCUT2D eigenvalue weighted by molar-refractivity contribution is 7.41. The number of nitrogens with zero attached hydrogens (tertiary/aromatic N) is 9. The van der Waals surface area contributed by atoms with E-state index in [1.54, 1.807) is 70.1 Å². The molecule has 0 saturated carbocycles. The predicted molar refractivity (Wildman–Crippen MR) is 294 cm³/mol. The summed E-state index contributed by atoms with van der Waals surface area (Å²) in [5.74, 6) is 4.63. The molecule has 426 valence electrons. The Labute approximate surface area is 462 Å². The molecule has 2 saturated heterocycles. The standard InChI is InChI=1S/C25H27N6O6P.C21H21N5O7P.2C2H6.CH4O.CH4/c1-5-13-34-21-20(37-38(33-4)35-14-12-26-3)18(6-2)36-25(21)31-16-29-19-22(27-15-28-23(19)31)30-24(32)17-10-8-7-9-11-17;1-3-9-31-17-16(33-34(29)30-2)14(10-27)32-21(17)26-12-24-15-18(22-11-23-19(15)26)25-20(28)13-7-5-4-6-8-13;3*1-2;/h1,7-11,15-16,18,20-21,25H,6,12-14H2,2,4H3,(H,27,28,30,32);1,4-8,11-12,14,16-17,21,27H,9-10H2,2H3,(H,22,23,25,28);2*1-2H3;2H,1H3;1H4/q;-1;;;;/t18-,20?,21+,25-,38?;14-,16?,17+,21-,34?;;;;/m11..../s1. The Morgan fingerprint density at radius 1 is 0.734 bits per heavy atom. The lowest BCUT2D eigenvalue weighted by Gasteiger charge is -2.29. The van der Waals surface area contributed by atoms with Crippen molar-refractivity contribution < 1.29 is 66.3 Å². The Hall–Kier alpha value is -6.53. The first-order valence-corrected chi connectivity index (χ1v) is 26.6. The highest BCUT2D eigenvalue weighted by Gasteiger charge is 2.50. The molecule has 4 unspecified atom stereocenters. The van der Waals surface area contributed by atoms with Crippen LogP contribution >= 0.6 is 17.2 Å². The van der Waals surface area contributed by atoms with Crippen LogP contribution in [-0.4, -0.2) is 152 Å². The minimum atomic E-state index is -2.48. The van der Waals surface area contributed by atoms with Gasteiger partial charge in [0.2, 0.25) is 6.54 Å². The normalized spacial score (nSPS) is 20.5. The Morgan fingerprint density at radius 2 is 1.19 bits per heavy atom. The second kappa shape index (κ2) is 35.9. The molecule has 2 aliphatic rings. The molecule has 6 heterocycles. The third kappa shape index (κ3) is 17.5. The number of hydrogen-bond acceptors (Lipinski definition) is 20. The molecule has 10 atom stereocenters. The van der Waals surface area contributed by atoms with E-state index in [2.05, 4.69) is 57.2 Å². The first kappa shape index (κ1) is 66.7. The number of aliphatic hydroxyl groups is 2. The fraction of sp³-hybridized carbons (Fsp3) is 0.442. The fourth-order valence-electron chi connectivity index (χ4n) is 7.56. The molecule has 4 N–H and O–H groups in total. The van der Waals surface area contributed by atoms with E-state index in [9.17, 15) is 19.6 Å². The summed E-state index contributed by atoms with van der Waals surface area (Å²) in [6.45, 7) is 16.7. The van der Waals surface area contributed by atoms with Gasteiger partial charge in [0, 0.05) is 32.5 Å². The molecule has 6 aromatic rings. The van der Waals surface area contributed by atoms with Gasteiger partial charge in [0.25, 0.3) is 11.8 Å². The van der Waals surface area contributed by atoms with Crippen molar-refractivity contribution >= 4 is 63.0 Å². The SMILES string of the molecule is C.C#CCO[C@H]1C(OP([O-])OC)[C@@H](CO)O[C@H]1n1cnc2c(NC(=O)c3ccccc3)ncnc21.CC.CC.CO.[C-]#[N+]CCOP(OC)OC1[C@@H](CC)O[C@@H](n2cnc3c(NC(=O)c4ccccc4)ncnc32)[C@H]1OCC#C. The van der Waals surface area contributed by atoms with E-state index < -0.39 is 66.8 Å². The number of aliphatic hydroxyl groups excluding tert-OH is 2. The lowest BCUT2D eigenvalue weighted by Crippen LogP contribution is -2.38. The number of amides is 2. The number of fused-ring (bicyclic) bond motifs is 2. The van der Waals surface area contributed by atoms with Crippen molar-refractivity contribution in [3.63, 3.8) is 0 Å². The molecule has 2 aromatic carbocycles. The number of rotatable bonds is 21. The second-order valence-corrected chi connectivity index (χ2v) is 17.4. The van der Waals surface area contributed by atoms with Crippen LogP contribution in [0.4, 0.5) is 11.6 Å². The number of carbonyl (C=O) groups excluding carboxylic acids is 2. The lowest BCUT2D eigenvalue weighted by atomic mass is 10.1. The molecule has 0 radical (unpaired) electrons. The second-order valence-electron chi connectivity index (χ2n) is 15.1. The Kier molecular flexibility index (Phi) is 30.3. The van der Waals surface area contributed by atoms with Gasteiger partial charge in [-0.3, -0.25) is 18.7 Å². The third-order valence-electron chi connectivity index (χ3n) is 10.8. The Bertz CT molecular complexity index is 2870. The molecule has 27 heteroatoms. The summed E-state index contributed by atoms with van der Waals surface area (Å²) in [7, 11) is -0.541. The van der Waals surface area contributed by atoms with Crippen molar-refractivity contribution in [3.8, 4) is 24.7 Å². The number of ether oxygens (including phenoxy) is 4. The van der Waals surface area contributed by atoms with Gasteiger partial charge in [-0.25, -0.2) is 36.5 Å². The van der Waals surface area contributed by atoms with E-state index in [4.69, 9.17) is 66.1 Å². The van der Waals surface area contributed by atoms with Crippen molar-refractivity contribution in [2.45, 2.75) is 97.5 Å². The van der Waals surface area contributed by atoms with Crippen molar-refractivity contribution in [3.05, 3.63) is 109 Å². The molecule has 8 rings (SSSR count). The van der Waals surface area contributed by atoms with Crippen molar-refractivity contribution in [2.24, 2.45) is 0 Å². The van der Waals surface area contributed by atoms with E-state index in [0.29, 0.717) is 39.9 Å². The van der Waals surface area contributed by atoms with Crippen LogP contribution < -0.4 is 15.5 Å². The maximum Gasteiger partial charge on any atom is 0.333 e. The predicted octanol–water partition coefficient (Wildman–Crippen LogP) is 6.50. The number of terminal acetylenes is 2. The number of carbonyl (C=O) groups is 2. The Morgan fingerprint density at radius 3 is 1.59 bits per heavy atom. The first-order valence-electron chi connectivity index (χ1n) is 24.4. The largest absolute Gasteiger partial charge is 0.786 e. The highest BCUT2D eigenvalue weighted by Crippen LogP contribution is 2.47. The van der Waals surface area contributed by atoms with E-state index in [1.807, 2.05) is 40.7 Å². The van der Waals surface area contributed by atoms with Gasteiger partial charge >= 0.3 is 8.60 Å². The number of anilines is 2. The average Bonchev–Trinajstić information content (AvgIpc) is 4.33. The zero-order chi connectivity index (χ0) is 57.0.